The molecule has 1 aromatic rings. The van der Waals surface area contributed by atoms with Gasteiger partial charge in [-0.05, 0) is 35.0 Å². The predicted octanol–water partition coefficient (Wildman–Crippen LogP) is 3.09. The van der Waals surface area contributed by atoms with Crippen LogP contribution < -0.4 is 4.90 Å². The first-order valence-corrected chi connectivity index (χ1v) is 6.27. The molecule has 0 bridgehead atoms. The second-order valence-electron chi connectivity index (χ2n) is 4.13. The summed E-state index contributed by atoms with van der Waals surface area (Å²) in [6.07, 6.45) is -4.33. The van der Waals surface area contributed by atoms with Gasteiger partial charge in [0, 0.05) is 13.1 Å². The molecule has 100 valence electrons. The molecule has 7 heteroatoms. The molecule has 0 aromatic carbocycles. The molecule has 3 nitrogen and oxygen atoms in total. The van der Waals surface area contributed by atoms with E-state index in [-0.39, 0.29) is 10.7 Å². The zero-order chi connectivity index (χ0) is 13.3. The van der Waals surface area contributed by atoms with Crippen LogP contribution in [0.3, 0.4) is 0 Å². The summed E-state index contributed by atoms with van der Waals surface area (Å²) in [7, 11) is 0. The van der Waals surface area contributed by atoms with Crippen LogP contribution in [0.4, 0.5) is 19.0 Å². The molecule has 1 fully saturated rings. The maximum atomic E-state index is 12.6. The van der Waals surface area contributed by atoms with Gasteiger partial charge in [0.05, 0.1) is 18.3 Å². The molecular formula is C11H12BrF3N2O. The molecular weight excluding hydrogens is 313 g/mol. The van der Waals surface area contributed by atoms with Crippen LogP contribution in [0.5, 0.6) is 0 Å². The van der Waals surface area contributed by atoms with Gasteiger partial charge < -0.3 is 9.64 Å². The highest BCUT2D eigenvalue weighted by Crippen LogP contribution is 2.35. The number of morpholine rings is 1. The molecule has 1 saturated heterocycles. The monoisotopic (exact) mass is 324 g/mol. The lowest BCUT2D eigenvalue weighted by Gasteiger charge is -2.32. The minimum atomic E-state index is -4.39. The van der Waals surface area contributed by atoms with Crippen LogP contribution in [0, 0.1) is 0 Å². The Balaban J connectivity index is 2.23. The largest absolute Gasteiger partial charge is 0.419 e. The number of aromatic nitrogens is 1. The maximum absolute atomic E-state index is 12.6. The Morgan fingerprint density at radius 3 is 2.72 bits per heavy atom. The topological polar surface area (TPSA) is 25.4 Å². The molecule has 2 rings (SSSR count). The van der Waals surface area contributed by atoms with E-state index in [4.69, 9.17) is 4.74 Å². The predicted molar refractivity (Wildman–Crippen MR) is 64.6 cm³/mol. The van der Waals surface area contributed by atoms with Crippen molar-refractivity contribution in [2.24, 2.45) is 0 Å². The van der Waals surface area contributed by atoms with Gasteiger partial charge in [0.15, 0.2) is 0 Å². The number of hydrogen-bond acceptors (Lipinski definition) is 3. The molecule has 1 aliphatic heterocycles. The first kappa shape index (κ1) is 13.6. The number of alkyl halides is 3. The minimum Gasteiger partial charge on any atom is -0.375 e. The van der Waals surface area contributed by atoms with Gasteiger partial charge in [0.1, 0.15) is 10.4 Å². The van der Waals surface area contributed by atoms with E-state index in [1.807, 2.05) is 11.8 Å². The maximum Gasteiger partial charge on any atom is 0.419 e. The van der Waals surface area contributed by atoms with E-state index in [0.29, 0.717) is 25.5 Å². The van der Waals surface area contributed by atoms with Gasteiger partial charge in [0.2, 0.25) is 0 Å². The summed E-state index contributed by atoms with van der Waals surface area (Å²) in [6, 6.07) is 2.44. The second-order valence-corrected chi connectivity index (χ2v) is 4.88. The van der Waals surface area contributed by atoms with Gasteiger partial charge in [0.25, 0.3) is 0 Å². The first-order chi connectivity index (χ1) is 8.38. The van der Waals surface area contributed by atoms with Crippen molar-refractivity contribution in [3.63, 3.8) is 0 Å². The molecule has 0 unspecified atom stereocenters. The normalized spacial score (nSPS) is 21.2. The van der Waals surface area contributed by atoms with E-state index in [2.05, 4.69) is 20.9 Å². The summed E-state index contributed by atoms with van der Waals surface area (Å²) in [6.45, 7) is 3.74. The van der Waals surface area contributed by atoms with Crippen molar-refractivity contribution in [2.45, 2.75) is 19.2 Å². The lowest BCUT2D eigenvalue weighted by Crippen LogP contribution is -2.41. The fraction of sp³-hybridized carbons (Fsp3) is 0.545. The highest BCUT2D eigenvalue weighted by atomic mass is 79.9. The van der Waals surface area contributed by atoms with Crippen LogP contribution in [0.1, 0.15) is 12.5 Å². The van der Waals surface area contributed by atoms with Crippen molar-refractivity contribution in [1.29, 1.82) is 0 Å². The van der Waals surface area contributed by atoms with Crippen molar-refractivity contribution in [2.75, 3.05) is 24.6 Å². The van der Waals surface area contributed by atoms with Crippen molar-refractivity contribution < 1.29 is 17.9 Å². The Hall–Kier alpha value is -0.820. The fourth-order valence-corrected chi connectivity index (χ4v) is 2.38. The van der Waals surface area contributed by atoms with Gasteiger partial charge >= 0.3 is 6.18 Å². The highest BCUT2D eigenvalue weighted by molar-refractivity contribution is 9.10. The average molecular weight is 325 g/mol. The highest BCUT2D eigenvalue weighted by Gasteiger charge is 2.34. The van der Waals surface area contributed by atoms with Gasteiger partial charge in [-0.3, -0.25) is 0 Å². The summed E-state index contributed by atoms with van der Waals surface area (Å²) in [4.78, 5) is 5.88. The van der Waals surface area contributed by atoms with Crippen molar-refractivity contribution in [1.82, 2.24) is 4.98 Å². The van der Waals surface area contributed by atoms with Gasteiger partial charge in [-0.1, -0.05) is 0 Å². The van der Waals surface area contributed by atoms with E-state index in [1.54, 1.807) is 0 Å². The smallest absolute Gasteiger partial charge is 0.375 e. The molecule has 0 saturated carbocycles. The zero-order valence-corrected chi connectivity index (χ0v) is 11.3. The van der Waals surface area contributed by atoms with E-state index >= 15 is 0 Å². The number of ether oxygens (including phenoxy) is 1. The van der Waals surface area contributed by atoms with E-state index in [1.165, 1.54) is 6.07 Å². The zero-order valence-electron chi connectivity index (χ0n) is 9.67. The van der Waals surface area contributed by atoms with Crippen LogP contribution >= 0.6 is 15.9 Å². The molecule has 1 atom stereocenters. The summed E-state index contributed by atoms with van der Waals surface area (Å²) >= 11 is 2.88. The second kappa shape index (κ2) is 5.05. The van der Waals surface area contributed by atoms with Crippen LogP contribution in [-0.2, 0) is 10.9 Å². The molecule has 2 heterocycles. The van der Waals surface area contributed by atoms with Gasteiger partial charge in [-0.25, -0.2) is 4.98 Å². The minimum absolute atomic E-state index is 0.0571. The first-order valence-electron chi connectivity index (χ1n) is 5.48. The number of nitrogens with zero attached hydrogens (tertiary/aromatic N) is 2. The number of hydrogen-bond donors (Lipinski definition) is 0. The third-order valence-electron chi connectivity index (χ3n) is 2.70. The SMILES string of the molecule is C[C@@H]1CN(c2ccc(C(F)(F)F)c(Br)n2)CCO1. The molecule has 1 aliphatic rings. The lowest BCUT2D eigenvalue weighted by molar-refractivity contribution is -0.138. The summed E-state index contributed by atoms with van der Waals surface area (Å²) in [5.41, 5.74) is -0.757. The quantitative estimate of drug-likeness (QED) is 0.742. The Kier molecular flexibility index (Phi) is 3.82. The third-order valence-corrected chi connectivity index (χ3v) is 3.31. The van der Waals surface area contributed by atoms with Gasteiger partial charge in [-0.2, -0.15) is 13.2 Å². The molecule has 0 spiro atoms. The number of halogens is 4. The Bertz CT molecular complexity index is 439. The van der Waals surface area contributed by atoms with Crippen LogP contribution in [-0.4, -0.2) is 30.8 Å². The summed E-state index contributed by atoms with van der Waals surface area (Å²) in [5.74, 6) is 0.532. The van der Waals surface area contributed by atoms with E-state index in [9.17, 15) is 13.2 Å². The van der Waals surface area contributed by atoms with Gasteiger partial charge in [-0.15, -0.1) is 0 Å². The molecule has 18 heavy (non-hydrogen) atoms. The summed E-state index contributed by atoms with van der Waals surface area (Å²) < 4.78 is 42.9. The van der Waals surface area contributed by atoms with Crippen LogP contribution in [0.25, 0.3) is 0 Å². The fourth-order valence-electron chi connectivity index (χ4n) is 1.84. The molecule has 0 aliphatic carbocycles. The number of rotatable bonds is 1. The van der Waals surface area contributed by atoms with E-state index < -0.39 is 11.7 Å². The number of pyridine rings is 1. The van der Waals surface area contributed by atoms with Crippen LogP contribution in [0.2, 0.25) is 0 Å². The Labute approximate surface area is 111 Å². The molecule has 0 N–H and O–H groups in total. The molecule has 0 radical (unpaired) electrons. The lowest BCUT2D eigenvalue weighted by atomic mass is 10.2. The van der Waals surface area contributed by atoms with Crippen LogP contribution in [0.15, 0.2) is 16.7 Å². The van der Waals surface area contributed by atoms with Crippen molar-refractivity contribution >= 4 is 21.7 Å². The standard InChI is InChI=1S/C11H12BrF3N2O/c1-7-6-17(4-5-18-7)9-3-2-8(10(12)16-9)11(13,14)15/h2-3,7H,4-6H2,1H3/t7-/m1/s1. The van der Waals surface area contributed by atoms with E-state index in [0.717, 1.165) is 6.07 Å². The molecule has 0 amide bonds. The Morgan fingerprint density at radius 1 is 1.44 bits per heavy atom. The summed E-state index contributed by atoms with van der Waals surface area (Å²) in [5, 5.41) is 0. The molecule has 1 aromatic heterocycles. The van der Waals surface area contributed by atoms with Crippen molar-refractivity contribution in [3.05, 3.63) is 22.3 Å². The number of anilines is 1. The van der Waals surface area contributed by atoms with Crippen molar-refractivity contribution in [3.8, 4) is 0 Å². The third kappa shape index (κ3) is 2.95. The Morgan fingerprint density at radius 2 is 2.17 bits per heavy atom. The average Bonchev–Trinajstić information content (AvgIpc) is 2.27.